The molecule has 0 aliphatic heterocycles. The van der Waals surface area contributed by atoms with E-state index in [0.29, 0.717) is 10.0 Å². The molecule has 0 aliphatic rings. The maximum Gasteiger partial charge on any atom is 0.257 e. The lowest BCUT2D eigenvalue weighted by molar-refractivity contribution is 0.102. The quantitative estimate of drug-likeness (QED) is 0.847. The van der Waals surface area contributed by atoms with Gasteiger partial charge in [0.15, 0.2) is 10.3 Å². The largest absolute Gasteiger partial charge is 0.317 e. The van der Waals surface area contributed by atoms with Crippen LogP contribution in [0.15, 0.2) is 29.3 Å². The highest BCUT2D eigenvalue weighted by atomic mass is 79.9. The van der Waals surface area contributed by atoms with Crippen LogP contribution in [-0.4, -0.2) is 20.9 Å². The monoisotopic (exact) mass is 346 g/mol. The fourth-order valence-corrected chi connectivity index (χ4v) is 1.94. The molecule has 1 N–H and O–H groups in total. The Balaban J connectivity index is 2.27. The van der Waals surface area contributed by atoms with Crippen LogP contribution in [-0.2, 0) is 0 Å². The molecule has 0 aliphatic carbocycles. The van der Waals surface area contributed by atoms with Gasteiger partial charge in [-0.1, -0.05) is 23.2 Å². The van der Waals surface area contributed by atoms with E-state index in [-0.39, 0.29) is 16.0 Å². The van der Waals surface area contributed by atoms with Crippen molar-refractivity contribution in [1.82, 2.24) is 15.0 Å². The number of hydrogen-bond donors (Lipinski definition) is 1. The van der Waals surface area contributed by atoms with E-state index >= 15 is 0 Å². The molecule has 0 unspecified atom stereocenters. The van der Waals surface area contributed by atoms with E-state index in [4.69, 9.17) is 23.2 Å². The van der Waals surface area contributed by atoms with Crippen LogP contribution in [0, 0.1) is 0 Å². The first-order valence-electron chi connectivity index (χ1n) is 4.66. The van der Waals surface area contributed by atoms with Crippen LogP contribution >= 0.6 is 39.1 Å². The van der Waals surface area contributed by atoms with Crippen molar-refractivity contribution in [2.45, 2.75) is 0 Å². The highest BCUT2D eigenvalue weighted by Gasteiger charge is 2.13. The van der Waals surface area contributed by atoms with E-state index < -0.39 is 5.91 Å². The van der Waals surface area contributed by atoms with E-state index in [1.165, 1.54) is 12.5 Å². The molecule has 0 atom stereocenters. The number of hydrogen-bond acceptors (Lipinski definition) is 4. The normalized spacial score (nSPS) is 10.2. The number of nitrogens with zero attached hydrogens (tertiary/aromatic N) is 3. The summed E-state index contributed by atoms with van der Waals surface area (Å²) in [5, 5.41) is 2.68. The van der Waals surface area contributed by atoms with Gasteiger partial charge < -0.3 is 5.32 Å². The number of rotatable bonds is 2. The van der Waals surface area contributed by atoms with Crippen LogP contribution in [0.1, 0.15) is 10.4 Å². The number of carbonyl (C=O) groups excluding carboxylic acids is 1. The summed E-state index contributed by atoms with van der Waals surface area (Å²) in [6.07, 6.45) is 4.20. The molecular weight excluding hydrogens is 343 g/mol. The molecule has 0 bridgehead atoms. The lowest BCUT2D eigenvalue weighted by Crippen LogP contribution is -2.13. The third-order valence-electron chi connectivity index (χ3n) is 1.96. The summed E-state index contributed by atoms with van der Waals surface area (Å²) in [7, 11) is 0. The van der Waals surface area contributed by atoms with Gasteiger partial charge in [0.2, 0.25) is 0 Å². The number of carbonyl (C=O) groups is 1. The number of aromatic nitrogens is 3. The molecule has 2 aromatic rings. The third-order valence-corrected chi connectivity index (χ3v) is 2.97. The molecular formula is C10H5BrCl2N4O. The summed E-state index contributed by atoms with van der Waals surface area (Å²) in [5.41, 5.74) is 0.533. The second-order valence-corrected chi connectivity index (χ2v) is 4.81. The molecule has 0 aromatic carbocycles. The van der Waals surface area contributed by atoms with Crippen LogP contribution in [0.3, 0.4) is 0 Å². The summed E-state index contributed by atoms with van der Waals surface area (Å²) < 4.78 is 0.691. The van der Waals surface area contributed by atoms with E-state index in [1.807, 2.05) is 0 Å². The van der Waals surface area contributed by atoms with Gasteiger partial charge in [-0.2, -0.15) is 0 Å². The van der Waals surface area contributed by atoms with Crippen molar-refractivity contribution in [1.29, 1.82) is 0 Å². The minimum Gasteiger partial charge on any atom is -0.317 e. The number of amides is 1. The Morgan fingerprint density at radius 2 is 1.89 bits per heavy atom. The first-order chi connectivity index (χ1) is 8.58. The Hall–Kier alpha value is -1.24. The number of nitrogens with one attached hydrogen (secondary N) is 1. The molecule has 0 spiro atoms. The third kappa shape index (κ3) is 2.95. The van der Waals surface area contributed by atoms with Crippen LogP contribution in [0.4, 0.5) is 5.69 Å². The van der Waals surface area contributed by atoms with E-state index in [1.54, 1.807) is 12.3 Å². The first kappa shape index (κ1) is 13.2. The van der Waals surface area contributed by atoms with Crippen molar-refractivity contribution in [3.63, 3.8) is 0 Å². The molecule has 1 amide bonds. The predicted molar refractivity (Wildman–Crippen MR) is 71.9 cm³/mol. The van der Waals surface area contributed by atoms with Crippen LogP contribution in [0.25, 0.3) is 0 Å². The maximum absolute atomic E-state index is 11.9. The number of halogens is 3. The van der Waals surface area contributed by atoms with Crippen LogP contribution in [0.5, 0.6) is 0 Å². The van der Waals surface area contributed by atoms with Gasteiger partial charge in [-0.15, -0.1) is 0 Å². The highest BCUT2D eigenvalue weighted by Crippen LogP contribution is 2.26. The van der Waals surface area contributed by atoms with Crippen LogP contribution < -0.4 is 5.32 Å². The zero-order valence-corrected chi connectivity index (χ0v) is 11.8. The number of anilines is 1. The average molecular weight is 348 g/mol. The summed E-state index contributed by atoms with van der Waals surface area (Å²) in [6.45, 7) is 0. The topological polar surface area (TPSA) is 67.8 Å². The van der Waals surface area contributed by atoms with E-state index in [9.17, 15) is 4.79 Å². The Labute approximate surface area is 121 Å². The molecule has 5 nitrogen and oxygen atoms in total. The Morgan fingerprint density at radius 1 is 1.22 bits per heavy atom. The molecule has 0 radical (unpaired) electrons. The van der Waals surface area contributed by atoms with Gasteiger partial charge >= 0.3 is 0 Å². The van der Waals surface area contributed by atoms with Crippen molar-refractivity contribution in [3.05, 3.63) is 45.1 Å². The van der Waals surface area contributed by atoms with E-state index in [2.05, 4.69) is 36.2 Å². The zero-order chi connectivity index (χ0) is 13.1. The summed E-state index contributed by atoms with van der Waals surface area (Å²) in [4.78, 5) is 23.3. The molecule has 92 valence electrons. The molecule has 8 heteroatoms. The molecule has 2 rings (SSSR count). The van der Waals surface area contributed by atoms with Crippen molar-refractivity contribution >= 4 is 50.7 Å². The van der Waals surface area contributed by atoms with Gasteiger partial charge in [0.05, 0.1) is 5.56 Å². The van der Waals surface area contributed by atoms with Crippen LogP contribution in [0.2, 0.25) is 10.3 Å². The highest BCUT2D eigenvalue weighted by molar-refractivity contribution is 9.10. The lowest BCUT2D eigenvalue weighted by Gasteiger charge is -2.07. The van der Waals surface area contributed by atoms with Gasteiger partial charge in [-0.05, 0) is 22.0 Å². The Kier molecular flexibility index (Phi) is 4.11. The molecule has 2 aromatic heterocycles. The summed E-state index contributed by atoms with van der Waals surface area (Å²) >= 11 is 14.9. The molecule has 2 heterocycles. The predicted octanol–water partition coefficient (Wildman–Crippen LogP) is 3.19. The van der Waals surface area contributed by atoms with Crippen molar-refractivity contribution in [3.8, 4) is 0 Å². The van der Waals surface area contributed by atoms with Gasteiger partial charge in [0.25, 0.3) is 5.91 Å². The second kappa shape index (κ2) is 5.60. The fraction of sp³-hybridized carbons (Fsp3) is 0. The van der Waals surface area contributed by atoms with Crippen molar-refractivity contribution in [2.24, 2.45) is 0 Å². The molecule has 0 fully saturated rings. The van der Waals surface area contributed by atoms with E-state index in [0.717, 1.165) is 0 Å². The van der Waals surface area contributed by atoms with Gasteiger partial charge in [-0.25, -0.2) is 9.97 Å². The first-order valence-corrected chi connectivity index (χ1v) is 6.20. The lowest BCUT2D eigenvalue weighted by atomic mass is 10.2. The zero-order valence-electron chi connectivity index (χ0n) is 8.69. The molecule has 0 saturated heterocycles. The van der Waals surface area contributed by atoms with Crippen molar-refractivity contribution < 1.29 is 4.79 Å². The fourth-order valence-electron chi connectivity index (χ4n) is 1.17. The molecule has 0 saturated carbocycles. The van der Waals surface area contributed by atoms with Gasteiger partial charge in [0.1, 0.15) is 12.0 Å². The van der Waals surface area contributed by atoms with Gasteiger partial charge in [0, 0.05) is 16.9 Å². The smallest absolute Gasteiger partial charge is 0.257 e. The molecule has 18 heavy (non-hydrogen) atoms. The Bertz CT molecular complexity index is 588. The van der Waals surface area contributed by atoms with Crippen molar-refractivity contribution in [2.75, 3.05) is 5.32 Å². The minimum absolute atomic E-state index is 0.0753. The minimum atomic E-state index is -0.401. The second-order valence-electron chi connectivity index (χ2n) is 3.18. The summed E-state index contributed by atoms with van der Waals surface area (Å²) in [6, 6.07) is 1.62. The van der Waals surface area contributed by atoms with Gasteiger partial charge in [-0.3, -0.25) is 9.78 Å². The standard InChI is InChI=1S/C10H5BrCl2N4O/c11-6-1-5(2-14-3-6)10(18)17-7-8(12)15-4-16-9(7)13/h1-4H,(H,17,18). The number of pyridine rings is 1. The Morgan fingerprint density at radius 3 is 2.50 bits per heavy atom. The maximum atomic E-state index is 11.9. The average Bonchev–Trinajstić information content (AvgIpc) is 2.34. The SMILES string of the molecule is O=C(Nc1c(Cl)ncnc1Cl)c1cncc(Br)c1. The summed E-state index contributed by atoms with van der Waals surface area (Å²) in [5.74, 6) is -0.401.